The zero-order chi connectivity index (χ0) is 20.0. The molecule has 3 nitrogen and oxygen atoms in total. The molecule has 0 aliphatic carbocycles. The number of hydrogen-bond donors (Lipinski definition) is 1. The van der Waals surface area contributed by atoms with E-state index in [1.165, 1.54) is 0 Å². The molecule has 1 unspecified atom stereocenters. The predicted octanol–water partition coefficient (Wildman–Crippen LogP) is 4.14. The maximum Gasteiger partial charge on any atom is 0.430 e. The average molecular weight is 378 g/mol. The quantitative estimate of drug-likeness (QED) is 0.591. The third-order valence-electron chi connectivity index (χ3n) is 3.82. The Bertz CT molecular complexity index is 462. The van der Waals surface area contributed by atoms with E-state index in [9.17, 15) is 49.4 Å². The second-order valence-corrected chi connectivity index (χ2v) is 5.79. The highest BCUT2D eigenvalue weighted by Crippen LogP contribution is 2.52. The van der Waals surface area contributed by atoms with E-state index < -0.39 is 47.5 Å². The molecule has 1 N–H and O–H groups in total. The van der Waals surface area contributed by atoms with Crippen molar-refractivity contribution in [3.8, 4) is 0 Å². The molecule has 0 heterocycles. The van der Waals surface area contributed by atoms with Gasteiger partial charge in [0, 0.05) is 0 Å². The third kappa shape index (κ3) is 3.42. The van der Waals surface area contributed by atoms with Crippen molar-refractivity contribution in [3.05, 3.63) is 0 Å². The molecule has 0 aliphatic rings. The second kappa shape index (κ2) is 5.95. The van der Waals surface area contributed by atoms with Gasteiger partial charge in [-0.15, -0.1) is 0 Å². The van der Waals surface area contributed by atoms with Crippen molar-refractivity contribution in [1.29, 1.82) is 0 Å². The van der Waals surface area contributed by atoms with Crippen molar-refractivity contribution < 1.29 is 54.2 Å². The number of esters is 1. The fourth-order valence-corrected chi connectivity index (χ4v) is 1.72. The highest BCUT2D eigenvalue weighted by molar-refractivity contribution is 5.78. The number of ether oxygens (including phenoxy) is 1. The van der Waals surface area contributed by atoms with E-state index in [1.807, 2.05) is 0 Å². The minimum Gasteiger partial charge on any atom is -0.455 e. The SMILES string of the molecule is CCC(C)(C(=O)OC(C)(C)C(O)(C(F)(F)F)C(F)(F)F)C(F)(F)F. The average Bonchev–Trinajstić information content (AvgIpc) is 2.31. The summed E-state index contributed by atoms with van der Waals surface area (Å²) in [5.41, 5.74) is -12.7. The van der Waals surface area contributed by atoms with Crippen molar-refractivity contribution in [1.82, 2.24) is 0 Å². The summed E-state index contributed by atoms with van der Waals surface area (Å²) in [5, 5.41) is 9.19. The van der Waals surface area contributed by atoms with Gasteiger partial charge in [0.2, 0.25) is 0 Å². The molecule has 0 aliphatic heterocycles. The summed E-state index contributed by atoms with van der Waals surface area (Å²) >= 11 is 0. The molecule has 0 saturated heterocycles. The van der Waals surface area contributed by atoms with Crippen LogP contribution in [-0.4, -0.2) is 40.8 Å². The van der Waals surface area contributed by atoms with Gasteiger partial charge in [-0.3, -0.25) is 4.79 Å². The molecule has 24 heavy (non-hydrogen) atoms. The Morgan fingerprint density at radius 3 is 1.38 bits per heavy atom. The van der Waals surface area contributed by atoms with Crippen LogP contribution in [0.4, 0.5) is 39.5 Å². The molecule has 0 radical (unpaired) electrons. The van der Waals surface area contributed by atoms with Gasteiger partial charge in [-0.1, -0.05) is 6.92 Å². The molecule has 0 aromatic carbocycles. The van der Waals surface area contributed by atoms with Crippen molar-refractivity contribution >= 4 is 5.97 Å². The lowest BCUT2D eigenvalue weighted by atomic mass is 9.82. The molecule has 144 valence electrons. The first-order valence-corrected chi connectivity index (χ1v) is 6.35. The van der Waals surface area contributed by atoms with Crippen LogP contribution in [0.5, 0.6) is 0 Å². The first-order chi connectivity index (χ1) is 10.2. The van der Waals surface area contributed by atoms with Crippen molar-refractivity contribution in [2.75, 3.05) is 0 Å². The zero-order valence-corrected chi connectivity index (χ0v) is 12.9. The molecule has 1 atom stereocenters. The Morgan fingerprint density at radius 1 is 0.833 bits per heavy atom. The lowest BCUT2D eigenvalue weighted by Crippen LogP contribution is -2.70. The molecule has 0 saturated carbocycles. The lowest BCUT2D eigenvalue weighted by molar-refractivity contribution is -0.408. The highest BCUT2D eigenvalue weighted by atomic mass is 19.4. The molecule has 0 fully saturated rings. The summed E-state index contributed by atoms with van der Waals surface area (Å²) in [5.74, 6) is -2.37. The van der Waals surface area contributed by atoms with Gasteiger partial charge >= 0.3 is 24.5 Å². The highest BCUT2D eigenvalue weighted by Gasteiger charge is 2.79. The van der Waals surface area contributed by atoms with E-state index in [1.54, 1.807) is 0 Å². The van der Waals surface area contributed by atoms with E-state index in [0.29, 0.717) is 0 Å². The number of rotatable bonds is 4. The molecule has 0 aromatic heterocycles. The maximum absolute atomic E-state index is 12.9. The summed E-state index contributed by atoms with van der Waals surface area (Å²) in [4.78, 5) is 11.7. The summed E-state index contributed by atoms with van der Waals surface area (Å²) in [6, 6.07) is 0. The van der Waals surface area contributed by atoms with Crippen LogP contribution in [0.2, 0.25) is 0 Å². The van der Waals surface area contributed by atoms with Crippen LogP contribution in [0.15, 0.2) is 0 Å². The minimum atomic E-state index is -6.37. The monoisotopic (exact) mass is 378 g/mol. The van der Waals surface area contributed by atoms with E-state index in [0.717, 1.165) is 6.92 Å². The Balaban J connectivity index is 6.05. The zero-order valence-electron chi connectivity index (χ0n) is 12.9. The van der Waals surface area contributed by atoms with Crippen molar-refractivity contribution in [2.45, 2.75) is 63.8 Å². The van der Waals surface area contributed by atoms with Crippen LogP contribution < -0.4 is 0 Å². The van der Waals surface area contributed by atoms with Crippen LogP contribution >= 0.6 is 0 Å². The Morgan fingerprint density at radius 2 is 1.17 bits per heavy atom. The molecule has 0 amide bonds. The normalized spacial score (nSPS) is 17.4. The maximum atomic E-state index is 12.9. The van der Waals surface area contributed by atoms with Crippen LogP contribution in [0.25, 0.3) is 0 Å². The predicted molar refractivity (Wildman–Crippen MR) is 61.7 cm³/mol. The van der Waals surface area contributed by atoms with Gasteiger partial charge in [0.15, 0.2) is 11.0 Å². The van der Waals surface area contributed by atoms with E-state index >= 15 is 0 Å². The second-order valence-electron chi connectivity index (χ2n) is 5.79. The van der Waals surface area contributed by atoms with Crippen molar-refractivity contribution in [3.63, 3.8) is 0 Å². The van der Waals surface area contributed by atoms with Gasteiger partial charge in [-0.05, 0) is 27.2 Å². The van der Waals surface area contributed by atoms with Gasteiger partial charge in [-0.2, -0.15) is 39.5 Å². The molecule has 0 aromatic rings. The van der Waals surface area contributed by atoms with Gasteiger partial charge < -0.3 is 9.84 Å². The Kier molecular flexibility index (Phi) is 5.66. The topological polar surface area (TPSA) is 46.5 Å². The number of alkyl halides is 9. The smallest absolute Gasteiger partial charge is 0.430 e. The van der Waals surface area contributed by atoms with Crippen molar-refractivity contribution in [2.24, 2.45) is 5.41 Å². The van der Waals surface area contributed by atoms with Crippen LogP contribution in [0.3, 0.4) is 0 Å². The first kappa shape index (κ1) is 22.8. The Hall–Kier alpha value is -1.20. The number of carbonyl (C=O) groups excluding carboxylic acids is 1. The lowest BCUT2D eigenvalue weighted by Gasteiger charge is -2.44. The molecular weight excluding hydrogens is 363 g/mol. The standard InChI is InChI=1S/C12H15F9O3/c1-5-8(4,10(13,14)15)6(22)24-7(2,3)9(23,11(16,17)18)12(19,20)21/h23H,5H2,1-4H3. The molecule has 0 bridgehead atoms. The Labute approximate surface area is 130 Å². The van der Waals surface area contributed by atoms with Crippen LogP contribution in [-0.2, 0) is 9.53 Å². The van der Waals surface area contributed by atoms with Crippen LogP contribution in [0.1, 0.15) is 34.1 Å². The molecule has 12 heteroatoms. The van der Waals surface area contributed by atoms with Gasteiger partial charge in [-0.25, -0.2) is 0 Å². The molecule has 0 spiro atoms. The number of carbonyl (C=O) groups is 1. The number of hydrogen-bond acceptors (Lipinski definition) is 3. The summed E-state index contributed by atoms with van der Waals surface area (Å²) in [7, 11) is 0. The van der Waals surface area contributed by atoms with Gasteiger partial charge in [0.05, 0.1) is 0 Å². The van der Waals surface area contributed by atoms with Crippen LogP contribution in [0, 0.1) is 5.41 Å². The molecular formula is C12H15F9O3. The third-order valence-corrected chi connectivity index (χ3v) is 3.82. The first-order valence-electron chi connectivity index (χ1n) is 6.35. The van der Waals surface area contributed by atoms with E-state index in [-0.39, 0.29) is 20.8 Å². The summed E-state index contributed by atoms with van der Waals surface area (Å²) < 4.78 is 119. The number of halogens is 9. The largest absolute Gasteiger partial charge is 0.455 e. The fraction of sp³-hybridized carbons (Fsp3) is 0.917. The molecule has 0 rings (SSSR count). The van der Waals surface area contributed by atoms with Gasteiger partial charge in [0.25, 0.3) is 5.60 Å². The summed E-state index contributed by atoms with van der Waals surface area (Å²) in [6.07, 6.45) is -19.0. The summed E-state index contributed by atoms with van der Waals surface area (Å²) in [6.45, 7) is 1.17. The fourth-order valence-electron chi connectivity index (χ4n) is 1.72. The van der Waals surface area contributed by atoms with Gasteiger partial charge in [0.1, 0.15) is 0 Å². The number of aliphatic hydroxyl groups is 1. The van der Waals surface area contributed by atoms with E-state index in [2.05, 4.69) is 4.74 Å². The minimum absolute atomic E-state index is 0.0261. The van der Waals surface area contributed by atoms with E-state index in [4.69, 9.17) is 0 Å².